The minimum atomic E-state index is -0.490. The summed E-state index contributed by atoms with van der Waals surface area (Å²) in [5.41, 5.74) is 1.87. The molecule has 2 atom stereocenters. The molecule has 1 aromatic carbocycles. The lowest BCUT2D eigenvalue weighted by molar-refractivity contribution is 0.0256. The fourth-order valence-corrected chi connectivity index (χ4v) is 1.62. The van der Waals surface area contributed by atoms with Gasteiger partial charge in [-0.2, -0.15) is 0 Å². The van der Waals surface area contributed by atoms with Crippen molar-refractivity contribution in [2.24, 2.45) is 0 Å². The monoisotopic (exact) mass is 210 g/mol. The Labute approximate surface area is 90.6 Å². The maximum Gasteiger partial charge on any atom is 0.106 e. The number of rotatable bonds is 5. The van der Waals surface area contributed by atoms with Crippen LogP contribution in [0.3, 0.4) is 0 Å². The van der Waals surface area contributed by atoms with Crippen molar-refractivity contribution in [2.75, 3.05) is 20.8 Å². The summed E-state index contributed by atoms with van der Waals surface area (Å²) in [6.45, 7) is 2.23. The molecule has 3 heteroatoms. The van der Waals surface area contributed by atoms with Gasteiger partial charge >= 0.3 is 0 Å². The number of hydrogen-bond donors (Lipinski definition) is 1. The third kappa shape index (κ3) is 3.02. The van der Waals surface area contributed by atoms with Crippen molar-refractivity contribution in [3.8, 4) is 0 Å². The molecule has 0 radical (unpaired) electrons. The van der Waals surface area contributed by atoms with Crippen molar-refractivity contribution >= 4 is 0 Å². The Morgan fingerprint density at radius 3 is 2.27 bits per heavy atom. The number of hydrogen-bond acceptors (Lipinski definition) is 3. The second-order valence-electron chi connectivity index (χ2n) is 3.48. The molecule has 0 aliphatic carbocycles. The Morgan fingerprint density at radius 1 is 1.20 bits per heavy atom. The molecule has 15 heavy (non-hydrogen) atoms. The normalized spacial score (nSPS) is 14.9. The summed E-state index contributed by atoms with van der Waals surface area (Å²) in [6.07, 6.45) is -0.614. The molecule has 1 aromatic rings. The molecule has 0 aliphatic rings. The SMILES string of the molecule is COCC(OC)c1ccccc1C(C)O. The van der Waals surface area contributed by atoms with E-state index in [1.165, 1.54) is 0 Å². The van der Waals surface area contributed by atoms with Crippen LogP contribution in [0.5, 0.6) is 0 Å². The van der Waals surface area contributed by atoms with Crippen LogP contribution in [0, 0.1) is 0 Å². The fourth-order valence-electron chi connectivity index (χ4n) is 1.62. The lowest BCUT2D eigenvalue weighted by atomic mass is 9.99. The topological polar surface area (TPSA) is 38.7 Å². The Morgan fingerprint density at radius 2 is 1.80 bits per heavy atom. The van der Waals surface area contributed by atoms with Gasteiger partial charge < -0.3 is 14.6 Å². The molecule has 0 aliphatic heterocycles. The fraction of sp³-hybridized carbons (Fsp3) is 0.500. The minimum absolute atomic E-state index is 0.124. The molecule has 0 saturated carbocycles. The van der Waals surface area contributed by atoms with E-state index in [1.807, 2.05) is 24.3 Å². The van der Waals surface area contributed by atoms with Gasteiger partial charge in [-0.05, 0) is 18.1 Å². The van der Waals surface area contributed by atoms with Crippen molar-refractivity contribution < 1.29 is 14.6 Å². The Hall–Kier alpha value is -0.900. The summed E-state index contributed by atoms with van der Waals surface area (Å²) in [6, 6.07) is 7.70. The highest BCUT2D eigenvalue weighted by Crippen LogP contribution is 2.25. The Kier molecular flexibility index (Phi) is 4.75. The molecule has 84 valence electrons. The van der Waals surface area contributed by atoms with Gasteiger partial charge in [0.05, 0.1) is 12.7 Å². The van der Waals surface area contributed by atoms with Crippen LogP contribution in [0.1, 0.15) is 30.3 Å². The standard InChI is InChI=1S/C12H18O3/c1-9(13)10-6-4-5-7-11(10)12(15-3)8-14-2/h4-7,9,12-13H,8H2,1-3H3. The van der Waals surface area contributed by atoms with Gasteiger partial charge in [0.2, 0.25) is 0 Å². The van der Waals surface area contributed by atoms with E-state index in [4.69, 9.17) is 9.47 Å². The van der Waals surface area contributed by atoms with Gasteiger partial charge in [-0.25, -0.2) is 0 Å². The molecular weight excluding hydrogens is 192 g/mol. The van der Waals surface area contributed by atoms with Crippen molar-refractivity contribution in [3.63, 3.8) is 0 Å². The van der Waals surface area contributed by atoms with E-state index in [0.29, 0.717) is 6.61 Å². The highest BCUT2D eigenvalue weighted by atomic mass is 16.5. The van der Waals surface area contributed by atoms with E-state index in [1.54, 1.807) is 21.1 Å². The van der Waals surface area contributed by atoms with Crippen molar-refractivity contribution in [3.05, 3.63) is 35.4 Å². The summed E-state index contributed by atoms with van der Waals surface area (Å²) < 4.78 is 10.4. The van der Waals surface area contributed by atoms with Gasteiger partial charge in [0.15, 0.2) is 0 Å². The summed E-state index contributed by atoms with van der Waals surface area (Å²) in [5.74, 6) is 0. The van der Waals surface area contributed by atoms with Gasteiger partial charge in [-0.3, -0.25) is 0 Å². The maximum atomic E-state index is 9.62. The molecule has 3 nitrogen and oxygen atoms in total. The van der Waals surface area contributed by atoms with E-state index in [-0.39, 0.29) is 6.10 Å². The molecule has 2 unspecified atom stereocenters. The molecule has 1 rings (SSSR count). The van der Waals surface area contributed by atoms with Crippen molar-refractivity contribution in [1.82, 2.24) is 0 Å². The Balaban J connectivity index is 2.99. The molecule has 0 saturated heterocycles. The zero-order valence-corrected chi connectivity index (χ0v) is 9.43. The van der Waals surface area contributed by atoms with Gasteiger partial charge in [-0.15, -0.1) is 0 Å². The second-order valence-corrected chi connectivity index (χ2v) is 3.48. The minimum Gasteiger partial charge on any atom is -0.389 e. The van der Waals surface area contributed by atoms with Gasteiger partial charge in [-0.1, -0.05) is 24.3 Å². The number of benzene rings is 1. The van der Waals surface area contributed by atoms with Crippen LogP contribution in [-0.4, -0.2) is 25.9 Å². The number of aliphatic hydroxyl groups excluding tert-OH is 1. The molecule has 0 heterocycles. The molecule has 0 amide bonds. The number of aliphatic hydroxyl groups is 1. The van der Waals surface area contributed by atoms with Crippen LogP contribution in [0.4, 0.5) is 0 Å². The van der Waals surface area contributed by atoms with E-state index >= 15 is 0 Å². The molecule has 0 bridgehead atoms. The third-order valence-corrected chi connectivity index (χ3v) is 2.40. The zero-order valence-electron chi connectivity index (χ0n) is 9.43. The van der Waals surface area contributed by atoms with E-state index in [0.717, 1.165) is 11.1 Å². The van der Waals surface area contributed by atoms with Crippen LogP contribution in [0.15, 0.2) is 24.3 Å². The quantitative estimate of drug-likeness (QED) is 0.808. The first-order valence-corrected chi connectivity index (χ1v) is 4.99. The molecule has 0 spiro atoms. The van der Waals surface area contributed by atoms with Gasteiger partial charge in [0, 0.05) is 14.2 Å². The largest absolute Gasteiger partial charge is 0.389 e. The molecular formula is C12H18O3. The van der Waals surface area contributed by atoms with Gasteiger partial charge in [0.1, 0.15) is 6.10 Å². The molecule has 1 N–H and O–H groups in total. The van der Waals surface area contributed by atoms with Crippen molar-refractivity contribution in [1.29, 1.82) is 0 Å². The summed E-state index contributed by atoms with van der Waals surface area (Å²) in [5, 5.41) is 9.62. The average molecular weight is 210 g/mol. The van der Waals surface area contributed by atoms with E-state index in [2.05, 4.69) is 0 Å². The number of ether oxygens (including phenoxy) is 2. The lowest BCUT2D eigenvalue weighted by Crippen LogP contribution is -2.12. The highest BCUT2D eigenvalue weighted by Gasteiger charge is 2.16. The van der Waals surface area contributed by atoms with Crippen molar-refractivity contribution in [2.45, 2.75) is 19.1 Å². The second kappa shape index (κ2) is 5.85. The van der Waals surface area contributed by atoms with Gasteiger partial charge in [0.25, 0.3) is 0 Å². The number of methoxy groups -OCH3 is 2. The third-order valence-electron chi connectivity index (χ3n) is 2.40. The summed E-state index contributed by atoms with van der Waals surface area (Å²) >= 11 is 0. The summed E-state index contributed by atoms with van der Waals surface area (Å²) in [7, 11) is 3.28. The zero-order chi connectivity index (χ0) is 11.3. The van der Waals surface area contributed by atoms with Crippen LogP contribution in [0.2, 0.25) is 0 Å². The van der Waals surface area contributed by atoms with Crippen LogP contribution >= 0.6 is 0 Å². The predicted molar refractivity (Wildman–Crippen MR) is 58.7 cm³/mol. The first-order valence-electron chi connectivity index (χ1n) is 4.99. The predicted octanol–water partition coefficient (Wildman–Crippen LogP) is 2.07. The smallest absolute Gasteiger partial charge is 0.106 e. The molecule has 0 fully saturated rings. The highest BCUT2D eigenvalue weighted by molar-refractivity contribution is 5.30. The first kappa shape index (κ1) is 12.2. The lowest BCUT2D eigenvalue weighted by Gasteiger charge is -2.19. The average Bonchev–Trinajstić information content (AvgIpc) is 2.26. The molecule has 0 aromatic heterocycles. The van der Waals surface area contributed by atoms with E-state index in [9.17, 15) is 5.11 Å². The van der Waals surface area contributed by atoms with E-state index < -0.39 is 6.10 Å². The summed E-state index contributed by atoms with van der Waals surface area (Å²) in [4.78, 5) is 0. The van der Waals surface area contributed by atoms with Crippen LogP contribution in [-0.2, 0) is 9.47 Å². The maximum absolute atomic E-state index is 9.62. The Bertz CT molecular complexity index is 297. The van der Waals surface area contributed by atoms with Crippen LogP contribution < -0.4 is 0 Å². The van der Waals surface area contributed by atoms with Crippen LogP contribution in [0.25, 0.3) is 0 Å². The first-order chi connectivity index (χ1) is 7.20.